The number of hydrogen-bond acceptors (Lipinski definition) is 2. The molecule has 0 aliphatic carbocycles. The lowest BCUT2D eigenvalue weighted by atomic mass is 10.1. The first-order valence-corrected chi connectivity index (χ1v) is 5.85. The molecule has 0 aromatic heterocycles. The molecule has 0 saturated carbocycles. The first-order chi connectivity index (χ1) is 9.16. The van der Waals surface area contributed by atoms with E-state index in [0.717, 1.165) is 17.0 Å². The van der Waals surface area contributed by atoms with Crippen molar-refractivity contribution < 1.29 is 23.5 Å². The Labute approximate surface area is 115 Å². The van der Waals surface area contributed by atoms with Crippen LogP contribution in [0.4, 0.5) is 13.6 Å². The van der Waals surface area contributed by atoms with Crippen molar-refractivity contribution in [3.63, 3.8) is 0 Å². The maximum atomic E-state index is 13.0. The molecule has 1 rings (SSSR count). The quantitative estimate of drug-likeness (QED) is 0.889. The summed E-state index contributed by atoms with van der Waals surface area (Å²) in [6.45, 7) is 2.73. The van der Waals surface area contributed by atoms with Crippen LogP contribution in [0, 0.1) is 11.6 Å². The summed E-state index contributed by atoms with van der Waals surface area (Å²) < 4.78 is 25.7. The van der Waals surface area contributed by atoms with E-state index < -0.39 is 29.2 Å². The Morgan fingerprint density at radius 2 is 1.90 bits per heavy atom. The van der Waals surface area contributed by atoms with Crippen molar-refractivity contribution >= 4 is 12.0 Å². The molecule has 0 radical (unpaired) electrons. The van der Waals surface area contributed by atoms with E-state index in [-0.39, 0.29) is 6.54 Å². The van der Waals surface area contributed by atoms with E-state index in [2.05, 4.69) is 5.32 Å². The fourth-order valence-corrected chi connectivity index (χ4v) is 1.34. The van der Waals surface area contributed by atoms with Gasteiger partial charge in [0, 0.05) is 13.6 Å². The molecule has 0 aliphatic rings. The van der Waals surface area contributed by atoms with Crippen LogP contribution in [0.15, 0.2) is 18.2 Å². The van der Waals surface area contributed by atoms with Crippen molar-refractivity contribution in [3.8, 4) is 0 Å². The monoisotopic (exact) mass is 286 g/mol. The van der Waals surface area contributed by atoms with Crippen molar-refractivity contribution in [2.75, 3.05) is 7.05 Å². The highest BCUT2D eigenvalue weighted by molar-refractivity contribution is 5.85. The average molecular weight is 286 g/mol. The predicted octanol–water partition coefficient (Wildman–Crippen LogP) is 1.97. The number of carboxylic acids is 1. The summed E-state index contributed by atoms with van der Waals surface area (Å²) in [5, 5.41) is 11.4. The first kappa shape index (κ1) is 15.9. The highest BCUT2D eigenvalue weighted by Gasteiger charge is 2.35. The van der Waals surface area contributed by atoms with Gasteiger partial charge in [0.15, 0.2) is 11.6 Å². The van der Waals surface area contributed by atoms with Crippen molar-refractivity contribution in [1.29, 1.82) is 0 Å². The van der Waals surface area contributed by atoms with Gasteiger partial charge in [-0.2, -0.15) is 0 Å². The highest BCUT2D eigenvalue weighted by Crippen LogP contribution is 2.13. The molecular formula is C13H16F2N2O3. The molecule has 1 aromatic carbocycles. The summed E-state index contributed by atoms with van der Waals surface area (Å²) >= 11 is 0. The van der Waals surface area contributed by atoms with Crippen LogP contribution >= 0.6 is 0 Å². The number of likely N-dealkylation sites (N-methyl/N-ethyl adjacent to an activating group) is 1. The topological polar surface area (TPSA) is 69.6 Å². The number of carbonyl (C=O) groups is 2. The summed E-state index contributed by atoms with van der Waals surface area (Å²) in [4.78, 5) is 23.8. The summed E-state index contributed by atoms with van der Waals surface area (Å²) in [6, 6.07) is 2.64. The Morgan fingerprint density at radius 3 is 2.40 bits per heavy atom. The van der Waals surface area contributed by atoms with Gasteiger partial charge >= 0.3 is 12.0 Å². The van der Waals surface area contributed by atoms with Crippen LogP contribution in [0.25, 0.3) is 0 Å². The zero-order chi connectivity index (χ0) is 15.5. The zero-order valence-electron chi connectivity index (χ0n) is 11.4. The molecule has 0 fully saturated rings. The molecule has 2 N–H and O–H groups in total. The third-order valence-corrected chi connectivity index (χ3v) is 3.09. The number of hydrogen-bond donors (Lipinski definition) is 2. The van der Waals surface area contributed by atoms with E-state index in [0.29, 0.717) is 5.56 Å². The average Bonchev–Trinajstić information content (AvgIpc) is 2.38. The highest BCUT2D eigenvalue weighted by atomic mass is 19.2. The number of urea groups is 1. The summed E-state index contributed by atoms with van der Waals surface area (Å²) in [5.41, 5.74) is -1.00. The lowest BCUT2D eigenvalue weighted by molar-refractivity contribution is -0.146. The molecule has 0 spiro atoms. The van der Waals surface area contributed by atoms with Crippen molar-refractivity contribution in [2.24, 2.45) is 0 Å². The Balaban J connectivity index is 2.67. The number of nitrogens with zero attached hydrogens (tertiary/aromatic N) is 1. The number of rotatable bonds is 4. The van der Waals surface area contributed by atoms with Gasteiger partial charge in [0.2, 0.25) is 0 Å². The number of halogens is 2. The van der Waals surface area contributed by atoms with Gasteiger partial charge in [-0.1, -0.05) is 6.07 Å². The van der Waals surface area contributed by atoms with Gasteiger partial charge in [-0.05, 0) is 31.5 Å². The molecule has 20 heavy (non-hydrogen) atoms. The minimum atomic E-state index is -1.38. The lowest BCUT2D eigenvalue weighted by Crippen LogP contribution is -2.53. The fourth-order valence-electron chi connectivity index (χ4n) is 1.34. The predicted molar refractivity (Wildman–Crippen MR) is 68.1 cm³/mol. The normalized spacial score (nSPS) is 11.1. The molecule has 7 heteroatoms. The Hall–Kier alpha value is -2.18. The molecular weight excluding hydrogens is 270 g/mol. The first-order valence-electron chi connectivity index (χ1n) is 5.85. The van der Waals surface area contributed by atoms with Crippen LogP contribution < -0.4 is 5.32 Å². The molecule has 1 aromatic rings. The van der Waals surface area contributed by atoms with Gasteiger partial charge < -0.3 is 15.3 Å². The van der Waals surface area contributed by atoms with Crippen LogP contribution in [0.3, 0.4) is 0 Å². The summed E-state index contributed by atoms with van der Waals surface area (Å²) in [6.07, 6.45) is 0. The molecule has 2 amide bonds. The molecule has 0 aliphatic heterocycles. The number of carbonyl (C=O) groups excluding carboxylic acids is 1. The largest absolute Gasteiger partial charge is 0.480 e. The number of amides is 2. The van der Waals surface area contributed by atoms with Gasteiger partial charge in [0.1, 0.15) is 5.54 Å². The van der Waals surface area contributed by atoms with E-state index in [1.165, 1.54) is 27.0 Å². The second kappa shape index (κ2) is 5.85. The third kappa shape index (κ3) is 3.43. The smallest absolute Gasteiger partial charge is 0.329 e. The molecule has 0 unspecified atom stereocenters. The van der Waals surface area contributed by atoms with Gasteiger partial charge in [0.25, 0.3) is 0 Å². The third-order valence-electron chi connectivity index (χ3n) is 3.09. The summed E-state index contributed by atoms with van der Waals surface area (Å²) in [7, 11) is 1.34. The number of nitrogens with one attached hydrogen (secondary N) is 1. The molecule has 0 bridgehead atoms. The van der Waals surface area contributed by atoms with Crippen LogP contribution in [0.2, 0.25) is 0 Å². The van der Waals surface area contributed by atoms with Crippen LogP contribution in [0.1, 0.15) is 19.4 Å². The lowest BCUT2D eigenvalue weighted by Gasteiger charge is -2.31. The Kier molecular flexibility index (Phi) is 4.65. The van der Waals surface area contributed by atoms with E-state index in [1.807, 2.05) is 0 Å². The fraction of sp³-hybridized carbons (Fsp3) is 0.385. The molecule has 0 heterocycles. The molecule has 110 valence electrons. The zero-order valence-corrected chi connectivity index (χ0v) is 11.4. The van der Waals surface area contributed by atoms with Gasteiger partial charge in [-0.3, -0.25) is 0 Å². The maximum Gasteiger partial charge on any atom is 0.329 e. The molecule has 0 saturated heterocycles. The van der Waals surface area contributed by atoms with E-state index >= 15 is 0 Å². The minimum Gasteiger partial charge on any atom is -0.480 e. The van der Waals surface area contributed by atoms with Crippen molar-refractivity contribution in [3.05, 3.63) is 35.4 Å². The van der Waals surface area contributed by atoms with Crippen LogP contribution in [-0.4, -0.2) is 34.6 Å². The maximum absolute atomic E-state index is 13.0. The van der Waals surface area contributed by atoms with Gasteiger partial charge in [-0.15, -0.1) is 0 Å². The standard InChI is InChI=1S/C13H16F2N2O3/c1-13(2,11(18)19)17(3)12(20)16-7-8-4-5-9(14)10(15)6-8/h4-6H,7H2,1-3H3,(H,16,20)(H,18,19). The Bertz CT molecular complexity index is 532. The van der Waals surface area contributed by atoms with Crippen molar-refractivity contribution in [1.82, 2.24) is 10.2 Å². The van der Waals surface area contributed by atoms with Crippen molar-refractivity contribution in [2.45, 2.75) is 25.9 Å². The molecule has 0 atom stereocenters. The summed E-state index contributed by atoms with van der Waals surface area (Å²) in [5.74, 6) is -3.12. The second-order valence-corrected chi connectivity index (χ2v) is 4.83. The second-order valence-electron chi connectivity index (χ2n) is 4.83. The van der Waals surface area contributed by atoms with Gasteiger partial charge in [0.05, 0.1) is 0 Å². The number of aliphatic carboxylic acids is 1. The minimum absolute atomic E-state index is 0.0317. The van der Waals surface area contributed by atoms with E-state index in [1.54, 1.807) is 0 Å². The van der Waals surface area contributed by atoms with E-state index in [9.17, 15) is 18.4 Å². The van der Waals surface area contributed by atoms with Crippen LogP contribution in [-0.2, 0) is 11.3 Å². The van der Waals surface area contributed by atoms with Crippen LogP contribution in [0.5, 0.6) is 0 Å². The number of carboxylic acid groups (broad SMARTS) is 1. The molecule has 5 nitrogen and oxygen atoms in total. The Morgan fingerprint density at radius 1 is 1.30 bits per heavy atom. The van der Waals surface area contributed by atoms with E-state index in [4.69, 9.17) is 5.11 Å². The van der Waals surface area contributed by atoms with Gasteiger partial charge in [-0.25, -0.2) is 18.4 Å². The SMILES string of the molecule is CN(C(=O)NCc1ccc(F)c(F)c1)C(C)(C)C(=O)O. The number of benzene rings is 1.